The van der Waals surface area contributed by atoms with Gasteiger partial charge in [0.1, 0.15) is 17.7 Å². The number of nitriles is 1. The fourth-order valence-electron chi connectivity index (χ4n) is 5.23. The Morgan fingerprint density at radius 1 is 0.929 bits per heavy atom. The summed E-state index contributed by atoms with van der Waals surface area (Å²) in [7, 11) is 0. The van der Waals surface area contributed by atoms with Gasteiger partial charge in [-0.05, 0) is 91.5 Å². The summed E-state index contributed by atoms with van der Waals surface area (Å²) in [4.78, 5) is 0. The van der Waals surface area contributed by atoms with Crippen LogP contribution < -0.4 is 0 Å². The summed E-state index contributed by atoms with van der Waals surface area (Å²) in [6.07, 6.45) is 9.32. The molecule has 0 amide bonds. The van der Waals surface area contributed by atoms with Crippen molar-refractivity contribution in [3.8, 4) is 17.2 Å². The molecule has 2 aromatic rings. The van der Waals surface area contributed by atoms with E-state index in [0.29, 0.717) is 23.0 Å². The number of fused-ring (bicyclic) bond motifs is 1. The van der Waals surface area contributed by atoms with Crippen LogP contribution in [0.2, 0.25) is 0 Å². The zero-order chi connectivity index (χ0) is 19.7. The monoisotopic (exact) mass is 377 g/mol. The van der Waals surface area contributed by atoms with E-state index >= 15 is 0 Å². The zero-order valence-electron chi connectivity index (χ0n) is 16.0. The molecule has 144 valence electrons. The lowest BCUT2D eigenvalue weighted by Crippen LogP contribution is -2.29. The van der Waals surface area contributed by atoms with Gasteiger partial charge in [0.2, 0.25) is 0 Å². The Morgan fingerprint density at radius 2 is 1.71 bits per heavy atom. The molecular weight excluding hydrogens is 352 g/mol. The van der Waals surface area contributed by atoms with Crippen molar-refractivity contribution in [3.63, 3.8) is 0 Å². The van der Waals surface area contributed by atoms with Crippen LogP contribution in [-0.2, 0) is 0 Å². The molecule has 0 aliphatic heterocycles. The lowest BCUT2D eigenvalue weighted by molar-refractivity contribution is 0.133. The third kappa shape index (κ3) is 3.61. The van der Waals surface area contributed by atoms with E-state index in [1.54, 1.807) is 24.3 Å². The molecular formula is C25H25F2N. The van der Waals surface area contributed by atoms with Crippen LogP contribution in [0, 0.1) is 40.7 Å². The Balaban J connectivity index is 1.52. The van der Waals surface area contributed by atoms with E-state index < -0.39 is 5.82 Å². The molecule has 2 aromatic carbocycles. The van der Waals surface area contributed by atoms with E-state index in [9.17, 15) is 8.78 Å². The topological polar surface area (TPSA) is 23.8 Å². The van der Waals surface area contributed by atoms with Crippen LogP contribution in [-0.4, -0.2) is 0 Å². The van der Waals surface area contributed by atoms with Crippen LogP contribution >= 0.6 is 0 Å². The van der Waals surface area contributed by atoms with E-state index in [1.807, 2.05) is 6.07 Å². The van der Waals surface area contributed by atoms with Crippen molar-refractivity contribution in [2.24, 2.45) is 17.8 Å². The van der Waals surface area contributed by atoms with Crippen LogP contribution in [0.3, 0.4) is 0 Å². The van der Waals surface area contributed by atoms with Gasteiger partial charge in [-0.1, -0.05) is 24.3 Å². The number of allylic oxidation sites excluding steroid dienone is 1. The molecule has 0 radical (unpaired) electrons. The molecule has 0 bridgehead atoms. The number of nitrogens with zero attached hydrogens (tertiary/aromatic N) is 1. The van der Waals surface area contributed by atoms with E-state index in [2.05, 4.69) is 12.7 Å². The Bertz CT molecular complexity index is 927. The first-order valence-corrected chi connectivity index (χ1v) is 10.2. The van der Waals surface area contributed by atoms with Crippen molar-refractivity contribution in [3.05, 3.63) is 71.8 Å². The van der Waals surface area contributed by atoms with Gasteiger partial charge in [-0.2, -0.15) is 5.26 Å². The summed E-state index contributed by atoms with van der Waals surface area (Å²) in [5.74, 6) is 1.67. The van der Waals surface area contributed by atoms with Crippen molar-refractivity contribution in [1.29, 1.82) is 5.26 Å². The van der Waals surface area contributed by atoms with E-state index in [0.717, 1.165) is 30.2 Å². The summed E-state index contributed by atoms with van der Waals surface area (Å²) in [5, 5.41) is 8.86. The van der Waals surface area contributed by atoms with E-state index in [4.69, 9.17) is 5.26 Å². The lowest BCUT2D eigenvalue weighted by Gasteiger charge is -2.41. The molecule has 2 saturated carbocycles. The Labute approximate surface area is 165 Å². The molecule has 2 fully saturated rings. The molecule has 0 aromatic heterocycles. The predicted molar refractivity (Wildman–Crippen MR) is 108 cm³/mol. The van der Waals surface area contributed by atoms with Gasteiger partial charge in [-0.25, -0.2) is 8.78 Å². The van der Waals surface area contributed by atoms with Gasteiger partial charge < -0.3 is 0 Å². The summed E-state index contributed by atoms with van der Waals surface area (Å²) in [6.45, 7) is 3.96. The van der Waals surface area contributed by atoms with Gasteiger partial charge in [0.05, 0.1) is 5.56 Å². The number of hydrogen-bond acceptors (Lipinski definition) is 1. The zero-order valence-corrected chi connectivity index (χ0v) is 16.0. The SMILES string of the molecule is C=CC1CCC2CC(c3ccc(-c4ccc(C#N)c(F)c4)c(F)c3)CCC2C1. The lowest BCUT2D eigenvalue weighted by atomic mass is 9.64. The minimum Gasteiger partial charge on any atom is -0.206 e. The first-order valence-electron chi connectivity index (χ1n) is 10.2. The van der Waals surface area contributed by atoms with Crippen molar-refractivity contribution in [2.45, 2.75) is 44.4 Å². The fourth-order valence-corrected chi connectivity index (χ4v) is 5.23. The van der Waals surface area contributed by atoms with Gasteiger partial charge >= 0.3 is 0 Å². The smallest absolute Gasteiger partial charge is 0.141 e. The third-order valence-electron chi connectivity index (χ3n) is 6.85. The maximum Gasteiger partial charge on any atom is 0.141 e. The number of hydrogen-bond donors (Lipinski definition) is 0. The third-order valence-corrected chi connectivity index (χ3v) is 6.85. The quantitative estimate of drug-likeness (QED) is 0.529. The highest BCUT2D eigenvalue weighted by atomic mass is 19.1. The molecule has 4 unspecified atom stereocenters. The first-order chi connectivity index (χ1) is 13.6. The Hall–Kier alpha value is -2.47. The second-order valence-corrected chi connectivity index (χ2v) is 8.38. The van der Waals surface area contributed by atoms with Crippen molar-refractivity contribution < 1.29 is 8.78 Å². The highest BCUT2D eigenvalue weighted by Gasteiger charge is 2.35. The molecule has 0 heterocycles. The summed E-state index contributed by atoms with van der Waals surface area (Å²) >= 11 is 0. The van der Waals surface area contributed by atoms with Gasteiger partial charge in [0.25, 0.3) is 0 Å². The number of rotatable bonds is 3. The summed E-state index contributed by atoms with van der Waals surface area (Å²) in [5.41, 5.74) is 1.88. The second kappa shape index (κ2) is 7.87. The van der Waals surface area contributed by atoms with Crippen LogP contribution in [0.15, 0.2) is 49.1 Å². The van der Waals surface area contributed by atoms with Crippen LogP contribution in [0.1, 0.15) is 55.6 Å². The molecule has 3 heteroatoms. The van der Waals surface area contributed by atoms with E-state index in [-0.39, 0.29) is 11.4 Å². The number of halogens is 2. The predicted octanol–water partition coefficient (Wildman–Crippen LogP) is 6.99. The molecule has 4 atom stereocenters. The minimum absolute atomic E-state index is 0.0243. The average molecular weight is 377 g/mol. The molecule has 2 aliphatic rings. The van der Waals surface area contributed by atoms with Gasteiger partial charge in [-0.3, -0.25) is 0 Å². The fraction of sp³-hybridized carbons (Fsp3) is 0.400. The van der Waals surface area contributed by atoms with Crippen LogP contribution in [0.25, 0.3) is 11.1 Å². The average Bonchev–Trinajstić information content (AvgIpc) is 2.72. The number of benzene rings is 2. The molecule has 1 nitrogen and oxygen atoms in total. The van der Waals surface area contributed by atoms with Crippen LogP contribution in [0.4, 0.5) is 8.78 Å². The van der Waals surface area contributed by atoms with Gasteiger partial charge in [-0.15, -0.1) is 6.58 Å². The largest absolute Gasteiger partial charge is 0.206 e. The molecule has 28 heavy (non-hydrogen) atoms. The second-order valence-electron chi connectivity index (χ2n) is 8.38. The summed E-state index contributed by atoms with van der Waals surface area (Å²) in [6, 6.07) is 11.4. The van der Waals surface area contributed by atoms with Gasteiger partial charge in [0.15, 0.2) is 0 Å². The first kappa shape index (κ1) is 18.9. The van der Waals surface area contributed by atoms with Gasteiger partial charge in [0, 0.05) is 5.56 Å². The van der Waals surface area contributed by atoms with Crippen molar-refractivity contribution in [2.75, 3.05) is 0 Å². The van der Waals surface area contributed by atoms with Crippen LogP contribution in [0.5, 0.6) is 0 Å². The van der Waals surface area contributed by atoms with Crippen molar-refractivity contribution >= 4 is 0 Å². The highest BCUT2D eigenvalue weighted by Crippen LogP contribution is 2.48. The molecule has 4 rings (SSSR count). The highest BCUT2D eigenvalue weighted by molar-refractivity contribution is 5.65. The Kier molecular flexibility index (Phi) is 5.31. The summed E-state index contributed by atoms with van der Waals surface area (Å²) < 4.78 is 28.7. The standard InChI is InChI=1S/C25H25F2N/c1-2-16-3-4-18-12-19(6-5-17(18)11-16)20-9-10-23(25(27)13-20)21-7-8-22(15-28)24(26)14-21/h2,7-10,13-14,16-19H,1,3-6,11-12H2. The molecule has 2 aliphatic carbocycles. The van der Waals surface area contributed by atoms with Crippen molar-refractivity contribution in [1.82, 2.24) is 0 Å². The molecule has 0 saturated heterocycles. The minimum atomic E-state index is -0.614. The maximum absolute atomic E-state index is 14.8. The normalized spacial score (nSPS) is 26.9. The molecule has 0 N–H and O–H groups in total. The van der Waals surface area contributed by atoms with E-state index in [1.165, 1.54) is 37.8 Å². The molecule has 0 spiro atoms. The Morgan fingerprint density at radius 3 is 2.43 bits per heavy atom. The maximum atomic E-state index is 14.8.